The van der Waals surface area contributed by atoms with Gasteiger partial charge in [-0.3, -0.25) is 4.79 Å². The van der Waals surface area contributed by atoms with Crippen molar-refractivity contribution in [1.29, 1.82) is 0 Å². The van der Waals surface area contributed by atoms with E-state index in [1.807, 2.05) is 29.3 Å². The van der Waals surface area contributed by atoms with Crippen molar-refractivity contribution in [2.75, 3.05) is 62.3 Å². The first kappa shape index (κ1) is 18.7. The number of nitrogens with zero attached hydrogens (tertiary/aromatic N) is 5. The zero-order valence-corrected chi connectivity index (χ0v) is 16.2. The molecular weight excluding hydrogens is 354 g/mol. The number of anilines is 2. The van der Waals surface area contributed by atoms with Gasteiger partial charge in [0.2, 0.25) is 5.91 Å². The number of aromatic nitrogens is 2. The molecule has 0 atom stereocenters. The van der Waals surface area contributed by atoms with Crippen molar-refractivity contribution in [3.05, 3.63) is 48.2 Å². The van der Waals surface area contributed by atoms with Crippen molar-refractivity contribution >= 4 is 17.4 Å². The van der Waals surface area contributed by atoms with Gasteiger partial charge in [0.15, 0.2) is 5.82 Å². The lowest BCUT2D eigenvalue weighted by atomic mass is 10.1. The Labute approximate surface area is 165 Å². The summed E-state index contributed by atoms with van der Waals surface area (Å²) in [6.45, 7) is 6.32. The van der Waals surface area contributed by atoms with Crippen molar-refractivity contribution < 1.29 is 9.53 Å². The Balaban J connectivity index is 1.29. The largest absolute Gasteiger partial charge is 0.378 e. The maximum absolute atomic E-state index is 12.5. The molecule has 2 aromatic rings. The highest BCUT2D eigenvalue weighted by Gasteiger charge is 2.22. The van der Waals surface area contributed by atoms with E-state index in [2.05, 4.69) is 38.2 Å². The fraction of sp³-hybridized carbons (Fsp3) is 0.476. The van der Waals surface area contributed by atoms with E-state index in [9.17, 15) is 4.79 Å². The first-order valence-corrected chi connectivity index (χ1v) is 10.0. The minimum absolute atomic E-state index is 0.241. The highest BCUT2D eigenvalue weighted by Crippen LogP contribution is 2.21. The van der Waals surface area contributed by atoms with E-state index in [1.54, 1.807) is 0 Å². The van der Waals surface area contributed by atoms with Gasteiger partial charge < -0.3 is 19.4 Å². The zero-order valence-electron chi connectivity index (χ0n) is 16.2. The van der Waals surface area contributed by atoms with Crippen LogP contribution in [0.25, 0.3) is 0 Å². The van der Waals surface area contributed by atoms with Crippen molar-refractivity contribution in [1.82, 2.24) is 15.1 Å². The molecule has 0 saturated carbocycles. The van der Waals surface area contributed by atoms with Crippen LogP contribution in [0.4, 0.5) is 11.5 Å². The number of hydrogen-bond donors (Lipinski definition) is 0. The molecule has 2 saturated heterocycles. The van der Waals surface area contributed by atoms with Crippen LogP contribution >= 0.6 is 0 Å². The topological polar surface area (TPSA) is 61.8 Å². The summed E-state index contributed by atoms with van der Waals surface area (Å²) in [6, 6.07) is 12.3. The zero-order chi connectivity index (χ0) is 19.2. The highest BCUT2D eigenvalue weighted by atomic mass is 16.5. The molecule has 148 valence electrons. The van der Waals surface area contributed by atoms with Crippen LogP contribution in [-0.2, 0) is 16.0 Å². The number of rotatable bonds is 5. The first-order chi connectivity index (χ1) is 13.8. The van der Waals surface area contributed by atoms with Gasteiger partial charge in [0.05, 0.1) is 25.1 Å². The van der Waals surface area contributed by atoms with Gasteiger partial charge in [-0.2, -0.15) is 5.10 Å². The smallest absolute Gasteiger partial charge is 0.223 e. The predicted molar refractivity (Wildman–Crippen MR) is 109 cm³/mol. The van der Waals surface area contributed by atoms with Gasteiger partial charge in [-0.1, -0.05) is 30.3 Å². The Hall–Kier alpha value is -2.67. The van der Waals surface area contributed by atoms with Crippen LogP contribution in [0.3, 0.4) is 0 Å². The number of aryl methyl sites for hydroxylation is 1. The van der Waals surface area contributed by atoms with E-state index in [0.717, 1.165) is 70.4 Å². The van der Waals surface area contributed by atoms with Crippen molar-refractivity contribution in [3.63, 3.8) is 0 Å². The summed E-state index contributed by atoms with van der Waals surface area (Å²) in [6.07, 6.45) is 3.19. The SMILES string of the molecule is O=C(CCc1ccccc1)N1CCN(c2cnnc(N3CCOCC3)c2)CC1. The molecule has 0 spiro atoms. The van der Waals surface area contributed by atoms with E-state index in [1.165, 1.54) is 5.56 Å². The van der Waals surface area contributed by atoms with Crippen molar-refractivity contribution in [3.8, 4) is 0 Å². The average molecular weight is 381 g/mol. The number of morpholine rings is 1. The highest BCUT2D eigenvalue weighted by molar-refractivity contribution is 5.76. The molecule has 0 N–H and O–H groups in total. The number of amides is 1. The Kier molecular flexibility index (Phi) is 6.01. The van der Waals surface area contributed by atoms with Gasteiger partial charge in [-0.05, 0) is 12.0 Å². The molecule has 0 unspecified atom stereocenters. The number of piperazine rings is 1. The summed E-state index contributed by atoms with van der Waals surface area (Å²) in [5, 5.41) is 8.48. The first-order valence-electron chi connectivity index (χ1n) is 10.0. The molecule has 0 radical (unpaired) electrons. The molecule has 1 aromatic heterocycles. The van der Waals surface area contributed by atoms with Crippen LogP contribution in [0.2, 0.25) is 0 Å². The van der Waals surface area contributed by atoms with E-state index >= 15 is 0 Å². The Morgan fingerprint density at radius 1 is 0.964 bits per heavy atom. The molecular formula is C21H27N5O2. The minimum atomic E-state index is 0.241. The number of ether oxygens (including phenoxy) is 1. The Bertz CT molecular complexity index is 771. The Morgan fingerprint density at radius 2 is 1.71 bits per heavy atom. The minimum Gasteiger partial charge on any atom is -0.378 e. The van der Waals surface area contributed by atoms with Crippen LogP contribution in [0.5, 0.6) is 0 Å². The van der Waals surface area contributed by atoms with Gasteiger partial charge >= 0.3 is 0 Å². The Morgan fingerprint density at radius 3 is 2.46 bits per heavy atom. The molecule has 7 heteroatoms. The van der Waals surface area contributed by atoms with Gasteiger partial charge in [0.1, 0.15) is 0 Å². The molecule has 1 aromatic carbocycles. The molecule has 0 bridgehead atoms. The lowest BCUT2D eigenvalue weighted by Gasteiger charge is -2.36. The summed E-state index contributed by atoms with van der Waals surface area (Å²) in [5.74, 6) is 1.15. The standard InChI is InChI=1S/C21H27N5O2/c27-21(7-6-18-4-2-1-3-5-18)26-10-8-24(9-11-26)19-16-20(23-22-17-19)25-12-14-28-15-13-25/h1-5,16-17H,6-15H2. The third-order valence-electron chi connectivity index (χ3n) is 5.43. The fourth-order valence-corrected chi connectivity index (χ4v) is 3.73. The molecule has 28 heavy (non-hydrogen) atoms. The molecule has 0 aliphatic carbocycles. The lowest BCUT2D eigenvalue weighted by molar-refractivity contribution is -0.131. The quantitative estimate of drug-likeness (QED) is 0.784. The van der Waals surface area contributed by atoms with E-state index in [-0.39, 0.29) is 5.91 Å². The number of hydrogen-bond acceptors (Lipinski definition) is 6. The molecule has 7 nitrogen and oxygen atoms in total. The van der Waals surface area contributed by atoms with Gasteiger partial charge in [-0.25, -0.2) is 0 Å². The molecule has 2 aliphatic heterocycles. The lowest BCUT2D eigenvalue weighted by Crippen LogP contribution is -2.49. The van der Waals surface area contributed by atoms with Gasteiger partial charge in [0, 0.05) is 51.8 Å². The molecule has 4 rings (SSSR count). The van der Waals surface area contributed by atoms with Crippen LogP contribution in [0, 0.1) is 0 Å². The molecule has 3 heterocycles. The van der Waals surface area contributed by atoms with Crippen molar-refractivity contribution in [2.45, 2.75) is 12.8 Å². The van der Waals surface area contributed by atoms with Crippen LogP contribution in [0.15, 0.2) is 42.6 Å². The van der Waals surface area contributed by atoms with Crippen molar-refractivity contribution in [2.24, 2.45) is 0 Å². The normalized spacial score (nSPS) is 17.6. The number of carbonyl (C=O) groups is 1. The summed E-state index contributed by atoms with van der Waals surface area (Å²) < 4.78 is 5.41. The van der Waals surface area contributed by atoms with Crippen LogP contribution < -0.4 is 9.80 Å². The second kappa shape index (κ2) is 9.01. The van der Waals surface area contributed by atoms with E-state index in [0.29, 0.717) is 6.42 Å². The summed E-state index contributed by atoms with van der Waals surface area (Å²) in [4.78, 5) is 19.0. The molecule has 1 amide bonds. The fourth-order valence-electron chi connectivity index (χ4n) is 3.73. The summed E-state index contributed by atoms with van der Waals surface area (Å²) >= 11 is 0. The maximum Gasteiger partial charge on any atom is 0.223 e. The van der Waals surface area contributed by atoms with Crippen LogP contribution in [0.1, 0.15) is 12.0 Å². The number of benzene rings is 1. The van der Waals surface area contributed by atoms with E-state index in [4.69, 9.17) is 4.74 Å². The second-order valence-corrected chi connectivity index (χ2v) is 7.22. The summed E-state index contributed by atoms with van der Waals surface area (Å²) in [5.41, 5.74) is 2.29. The molecule has 2 fully saturated rings. The number of carbonyl (C=O) groups excluding carboxylic acids is 1. The van der Waals surface area contributed by atoms with Gasteiger partial charge in [-0.15, -0.1) is 5.10 Å². The summed E-state index contributed by atoms with van der Waals surface area (Å²) in [7, 11) is 0. The average Bonchev–Trinajstić information content (AvgIpc) is 2.79. The predicted octanol–water partition coefficient (Wildman–Crippen LogP) is 1.59. The third-order valence-corrected chi connectivity index (χ3v) is 5.43. The van der Waals surface area contributed by atoms with E-state index < -0.39 is 0 Å². The second-order valence-electron chi connectivity index (χ2n) is 7.22. The third kappa shape index (κ3) is 4.59. The molecule has 2 aliphatic rings. The van der Waals surface area contributed by atoms with Crippen LogP contribution in [-0.4, -0.2) is 73.5 Å². The monoisotopic (exact) mass is 381 g/mol. The maximum atomic E-state index is 12.5. The van der Waals surface area contributed by atoms with Gasteiger partial charge in [0.25, 0.3) is 0 Å².